The van der Waals surface area contributed by atoms with Crippen LogP contribution in [-0.2, 0) is 11.2 Å². The quantitative estimate of drug-likeness (QED) is 0.885. The summed E-state index contributed by atoms with van der Waals surface area (Å²) in [6.45, 7) is 0.751. The molecule has 1 aliphatic carbocycles. The van der Waals surface area contributed by atoms with Crippen molar-refractivity contribution in [3.05, 3.63) is 36.0 Å². The molecule has 3 rings (SSSR count). The van der Waals surface area contributed by atoms with Crippen LogP contribution in [0.15, 0.2) is 30.5 Å². The fraction of sp³-hybridized carbons (Fsp3) is 0.471. The van der Waals surface area contributed by atoms with Crippen molar-refractivity contribution in [2.45, 2.75) is 31.2 Å². The number of carbonyl (C=O) groups is 1. The maximum atomic E-state index is 12.2. The number of nitrogens with one attached hydrogen (secondary N) is 2. The molecule has 2 N–H and O–H groups in total. The number of fused-ring (bicyclic) bond motifs is 1. The van der Waals surface area contributed by atoms with Gasteiger partial charge in [-0.3, -0.25) is 4.79 Å². The molecule has 0 unspecified atom stereocenters. The molecule has 1 aromatic carbocycles. The minimum Gasteiger partial charge on any atom is -0.361 e. The van der Waals surface area contributed by atoms with Gasteiger partial charge in [0, 0.05) is 29.2 Å². The van der Waals surface area contributed by atoms with Crippen LogP contribution in [0.5, 0.6) is 0 Å². The zero-order valence-corrected chi connectivity index (χ0v) is 12.8. The van der Waals surface area contributed by atoms with Gasteiger partial charge in [-0.1, -0.05) is 18.2 Å². The number of rotatable bonds is 5. The number of nitrogens with zero attached hydrogens (tertiary/aromatic N) is 1. The van der Waals surface area contributed by atoms with E-state index in [9.17, 15) is 4.79 Å². The van der Waals surface area contributed by atoms with E-state index in [1.807, 2.05) is 24.4 Å². The minimum absolute atomic E-state index is 0.105. The first-order valence-electron chi connectivity index (χ1n) is 7.60. The average Bonchev–Trinajstić information content (AvgIpc) is 2.81. The predicted molar refractivity (Wildman–Crippen MR) is 85.3 cm³/mol. The molecule has 21 heavy (non-hydrogen) atoms. The van der Waals surface area contributed by atoms with Crippen LogP contribution in [0.3, 0.4) is 0 Å². The molecule has 1 amide bonds. The van der Waals surface area contributed by atoms with Gasteiger partial charge in [0.2, 0.25) is 5.91 Å². The molecule has 2 aromatic rings. The van der Waals surface area contributed by atoms with Crippen molar-refractivity contribution >= 4 is 16.8 Å². The van der Waals surface area contributed by atoms with Crippen molar-refractivity contribution in [3.63, 3.8) is 0 Å². The molecule has 1 saturated carbocycles. The summed E-state index contributed by atoms with van der Waals surface area (Å²) in [5, 5.41) is 4.25. The lowest BCUT2D eigenvalue weighted by atomic mass is 9.75. The maximum absolute atomic E-state index is 12.2. The molecule has 0 aliphatic heterocycles. The van der Waals surface area contributed by atoms with E-state index in [0.29, 0.717) is 6.42 Å². The summed E-state index contributed by atoms with van der Waals surface area (Å²) in [4.78, 5) is 17.7. The topological polar surface area (TPSA) is 48.1 Å². The number of hydrogen-bond acceptors (Lipinski definition) is 2. The summed E-state index contributed by atoms with van der Waals surface area (Å²) < 4.78 is 0. The highest BCUT2D eigenvalue weighted by molar-refractivity contribution is 5.88. The molecule has 4 heteroatoms. The lowest BCUT2D eigenvalue weighted by Gasteiger charge is -2.47. The molecule has 0 spiro atoms. The fourth-order valence-corrected chi connectivity index (χ4v) is 3.14. The number of carbonyl (C=O) groups excluding carboxylic acids is 1. The number of hydrogen-bond donors (Lipinski definition) is 2. The van der Waals surface area contributed by atoms with Crippen LogP contribution >= 0.6 is 0 Å². The van der Waals surface area contributed by atoms with Gasteiger partial charge < -0.3 is 15.2 Å². The Morgan fingerprint density at radius 3 is 2.76 bits per heavy atom. The lowest BCUT2D eigenvalue weighted by molar-refractivity contribution is -0.121. The van der Waals surface area contributed by atoms with Crippen LogP contribution in [0, 0.1) is 0 Å². The van der Waals surface area contributed by atoms with Gasteiger partial charge in [0.25, 0.3) is 0 Å². The minimum atomic E-state index is 0.105. The molecular formula is C17H23N3O. The molecule has 0 radical (unpaired) electrons. The maximum Gasteiger partial charge on any atom is 0.224 e. The van der Waals surface area contributed by atoms with Crippen LogP contribution in [0.1, 0.15) is 24.8 Å². The zero-order valence-electron chi connectivity index (χ0n) is 12.8. The zero-order chi connectivity index (χ0) is 14.9. The van der Waals surface area contributed by atoms with Crippen molar-refractivity contribution in [1.82, 2.24) is 15.2 Å². The Balaban J connectivity index is 1.62. The Labute approximate surface area is 125 Å². The van der Waals surface area contributed by atoms with Crippen LogP contribution in [0.25, 0.3) is 10.9 Å². The van der Waals surface area contributed by atoms with Crippen LogP contribution < -0.4 is 5.32 Å². The van der Waals surface area contributed by atoms with E-state index in [-0.39, 0.29) is 11.4 Å². The molecule has 0 atom stereocenters. The second-order valence-corrected chi connectivity index (χ2v) is 6.29. The Hall–Kier alpha value is -1.81. The summed E-state index contributed by atoms with van der Waals surface area (Å²) >= 11 is 0. The van der Waals surface area contributed by atoms with Crippen LogP contribution in [0.2, 0.25) is 0 Å². The van der Waals surface area contributed by atoms with Gasteiger partial charge in [-0.15, -0.1) is 0 Å². The second-order valence-electron chi connectivity index (χ2n) is 6.29. The molecule has 1 aromatic heterocycles. The highest BCUT2D eigenvalue weighted by Crippen LogP contribution is 2.35. The molecule has 112 valence electrons. The number of aromatic nitrogens is 1. The molecule has 1 aliphatic rings. The highest BCUT2D eigenvalue weighted by Gasteiger charge is 2.39. The standard InChI is InChI=1S/C17H23N3O/c1-20(2)17(8-5-9-17)12-19-16(21)10-13-11-18-15-7-4-3-6-14(13)15/h3-4,6-7,11,18H,5,8-10,12H2,1-2H3,(H,19,21). The summed E-state index contributed by atoms with van der Waals surface area (Å²) in [5.74, 6) is 0.105. The van der Waals surface area contributed by atoms with Crippen molar-refractivity contribution in [2.75, 3.05) is 20.6 Å². The molecule has 1 heterocycles. The van der Waals surface area contributed by atoms with E-state index < -0.39 is 0 Å². The Bertz CT molecular complexity index is 640. The predicted octanol–water partition coefficient (Wildman–Crippen LogP) is 2.31. The van der Waals surface area contributed by atoms with E-state index in [2.05, 4.69) is 35.4 Å². The molecule has 0 saturated heterocycles. The van der Waals surface area contributed by atoms with E-state index in [0.717, 1.165) is 23.0 Å². The van der Waals surface area contributed by atoms with E-state index in [1.165, 1.54) is 19.3 Å². The largest absolute Gasteiger partial charge is 0.361 e. The van der Waals surface area contributed by atoms with Crippen LogP contribution in [-0.4, -0.2) is 42.0 Å². The third kappa shape index (κ3) is 2.68. The van der Waals surface area contributed by atoms with Gasteiger partial charge in [-0.2, -0.15) is 0 Å². The van der Waals surface area contributed by atoms with E-state index >= 15 is 0 Å². The Morgan fingerprint density at radius 1 is 1.33 bits per heavy atom. The van der Waals surface area contributed by atoms with E-state index in [4.69, 9.17) is 0 Å². The van der Waals surface area contributed by atoms with Crippen molar-refractivity contribution in [2.24, 2.45) is 0 Å². The molecule has 4 nitrogen and oxygen atoms in total. The van der Waals surface area contributed by atoms with Gasteiger partial charge in [-0.25, -0.2) is 0 Å². The normalized spacial score (nSPS) is 16.9. The summed E-state index contributed by atoms with van der Waals surface area (Å²) in [5.41, 5.74) is 2.33. The Morgan fingerprint density at radius 2 is 2.10 bits per heavy atom. The van der Waals surface area contributed by atoms with Crippen molar-refractivity contribution < 1.29 is 4.79 Å². The van der Waals surface area contributed by atoms with Crippen LogP contribution in [0.4, 0.5) is 0 Å². The van der Waals surface area contributed by atoms with Gasteiger partial charge in [-0.05, 0) is 45.0 Å². The number of benzene rings is 1. The number of H-pyrrole nitrogens is 1. The number of likely N-dealkylation sites (N-methyl/N-ethyl adjacent to an activating group) is 1. The first-order chi connectivity index (χ1) is 10.1. The Kier molecular flexibility index (Phi) is 3.72. The lowest BCUT2D eigenvalue weighted by Crippen LogP contribution is -2.57. The van der Waals surface area contributed by atoms with Gasteiger partial charge >= 0.3 is 0 Å². The van der Waals surface area contributed by atoms with E-state index in [1.54, 1.807) is 0 Å². The van der Waals surface area contributed by atoms with Crippen molar-refractivity contribution in [3.8, 4) is 0 Å². The van der Waals surface area contributed by atoms with Gasteiger partial charge in [0.05, 0.1) is 6.42 Å². The van der Waals surface area contributed by atoms with Crippen molar-refractivity contribution in [1.29, 1.82) is 0 Å². The van der Waals surface area contributed by atoms with Gasteiger partial charge in [0.1, 0.15) is 0 Å². The third-order valence-electron chi connectivity index (χ3n) is 4.87. The summed E-state index contributed by atoms with van der Waals surface area (Å²) in [6, 6.07) is 8.10. The smallest absolute Gasteiger partial charge is 0.224 e. The third-order valence-corrected chi connectivity index (χ3v) is 4.87. The number of amides is 1. The first-order valence-corrected chi connectivity index (χ1v) is 7.60. The second kappa shape index (κ2) is 5.53. The number of aromatic amines is 1. The average molecular weight is 285 g/mol. The molecular weight excluding hydrogens is 262 g/mol. The molecule has 0 bridgehead atoms. The number of para-hydroxylation sites is 1. The summed E-state index contributed by atoms with van der Waals surface area (Å²) in [6.07, 6.45) is 5.99. The first kappa shape index (κ1) is 14.1. The SMILES string of the molecule is CN(C)C1(CNC(=O)Cc2c[nH]c3ccccc23)CCC1. The van der Waals surface area contributed by atoms with Gasteiger partial charge in [0.15, 0.2) is 0 Å². The monoisotopic (exact) mass is 285 g/mol. The highest BCUT2D eigenvalue weighted by atomic mass is 16.1. The summed E-state index contributed by atoms with van der Waals surface area (Å²) in [7, 11) is 4.20. The molecule has 1 fully saturated rings. The fourth-order valence-electron chi connectivity index (χ4n) is 3.14.